The quantitative estimate of drug-likeness (QED) is 0.332. The van der Waals surface area contributed by atoms with E-state index in [-0.39, 0.29) is 22.7 Å². The molecule has 0 saturated carbocycles. The molecule has 1 N–H and O–H groups in total. The predicted molar refractivity (Wildman–Crippen MR) is 121 cm³/mol. The van der Waals surface area contributed by atoms with Gasteiger partial charge in [0.05, 0.1) is 12.4 Å². The van der Waals surface area contributed by atoms with Gasteiger partial charge in [-0.15, -0.1) is 0 Å². The number of amides is 1. The first-order valence-electron chi connectivity index (χ1n) is 9.67. The van der Waals surface area contributed by atoms with E-state index in [2.05, 4.69) is 15.3 Å². The van der Waals surface area contributed by atoms with Gasteiger partial charge in [-0.2, -0.15) is 0 Å². The number of hydrogen-bond acceptors (Lipinski definition) is 7. The Bertz CT molecular complexity index is 1250. The van der Waals surface area contributed by atoms with E-state index in [0.717, 1.165) is 33.0 Å². The molecule has 3 aromatic rings. The Hall–Kier alpha value is -2.98. The number of aromatic nitrogens is 4. The summed E-state index contributed by atoms with van der Waals surface area (Å²) in [4.78, 5) is 46.7. The maximum atomic E-state index is 12.9. The summed E-state index contributed by atoms with van der Waals surface area (Å²) in [5.41, 5.74) is 2.13. The van der Waals surface area contributed by atoms with Crippen LogP contribution in [-0.2, 0) is 23.6 Å². The lowest BCUT2D eigenvalue weighted by molar-refractivity contribution is -0.118. The molecule has 0 aliphatic rings. The Morgan fingerprint density at radius 3 is 2.42 bits per heavy atom. The lowest BCUT2D eigenvalue weighted by Crippen LogP contribution is -2.37. The van der Waals surface area contributed by atoms with Gasteiger partial charge in [0.15, 0.2) is 11.5 Å². The first-order chi connectivity index (χ1) is 14.7. The molecular formula is C21H25N5O4S. The standard InChI is InChI=1S/C21H25N5O4S/c1-12-8-13(2)10-14(9-12)17-23-18-16(20(28)26(4)21(29)25(18)3)19(24-17)31-11-15(27)22-6-7-30-5/h8-10H,6-7,11H2,1-5H3,(H,22,27). The van der Waals surface area contributed by atoms with Crippen LogP contribution < -0.4 is 16.6 Å². The Kier molecular flexibility index (Phi) is 6.91. The first-order valence-corrected chi connectivity index (χ1v) is 10.7. The molecule has 0 unspecified atom stereocenters. The van der Waals surface area contributed by atoms with Gasteiger partial charge in [-0.05, 0) is 26.0 Å². The van der Waals surface area contributed by atoms with E-state index in [1.807, 2.05) is 32.0 Å². The minimum absolute atomic E-state index is 0.0636. The van der Waals surface area contributed by atoms with Gasteiger partial charge in [0, 0.05) is 33.3 Å². The zero-order chi connectivity index (χ0) is 22.7. The molecule has 10 heteroatoms. The summed E-state index contributed by atoms with van der Waals surface area (Å²) in [6.45, 7) is 4.75. The minimum Gasteiger partial charge on any atom is -0.383 e. The Morgan fingerprint density at radius 1 is 1.10 bits per heavy atom. The van der Waals surface area contributed by atoms with E-state index in [9.17, 15) is 14.4 Å². The van der Waals surface area contributed by atoms with Gasteiger partial charge in [-0.25, -0.2) is 14.8 Å². The second-order valence-electron chi connectivity index (χ2n) is 7.26. The fourth-order valence-electron chi connectivity index (χ4n) is 3.24. The number of ether oxygens (including phenoxy) is 1. The number of aryl methyl sites for hydroxylation is 3. The van der Waals surface area contributed by atoms with Crippen molar-refractivity contribution in [2.75, 3.05) is 26.0 Å². The van der Waals surface area contributed by atoms with Crippen LogP contribution in [-0.4, -0.2) is 51.0 Å². The topological polar surface area (TPSA) is 108 Å². The molecule has 0 aliphatic heterocycles. The van der Waals surface area contributed by atoms with Crippen molar-refractivity contribution in [2.45, 2.75) is 18.9 Å². The number of carbonyl (C=O) groups excluding carboxylic acids is 1. The number of methoxy groups -OCH3 is 1. The number of fused-ring (bicyclic) bond motifs is 1. The third-order valence-corrected chi connectivity index (χ3v) is 5.69. The maximum absolute atomic E-state index is 12.9. The molecular weight excluding hydrogens is 418 g/mol. The lowest BCUT2D eigenvalue weighted by Gasteiger charge is -2.12. The van der Waals surface area contributed by atoms with Crippen molar-refractivity contribution in [2.24, 2.45) is 14.1 Å². The summed E-state index contributed by atoms with van der Waals surface area (Å²) in [6.07, 6.45) is 0. The molecule has 0 saturated heterocycles. The largest absolute Gasteiger partial charge is 0.383 e. The number of thioether (sulfide) groups is 1. The van der Waals surface area contributed by atoms with Crippen molar-refractivity contribution >= 4 is 28.7 Å². The van der Waals surface area contributed by atoms with E-state index < -0.39 is 11.2 Å². The van der Waals surface area contributed by atoms with Crippen LogP contribution in [0.1, 0.15) is 11.1 Å². The highest BCUT2D eigenvalue weighted by atomic mass is 32.2. The summed E-state index contributed by atoms with van der Waals surface area (Å²) in [5.74, 6) is 0.252. The summed E-state index contributed by atoms with van der Waals surface area (Å²) < 4.78 is 7.28. The molecule has 2 aromatic heterocycles. The summed E-state index contributed by atoms with van der Waals surface area (Å²) >= 11 is 1.14. The highest BCUT2D eigenvalue weighted by Crippen LogP contribution is 2.27. The van der Waals surface area contributed by atoms with Gasteiger partial charge in [0.1, 0.15) is 10.4 Å². The van der Waals surface area contributed by atoms with Gasteiger partial charge < -0.3 is 10.1 Å². The number of nitrogens with one attached hydrogen (secondary N) is 1. The third-order valence-electron chi connectivity index (χ3n) is 4.72. The van der Waals surface area contributed by atoms with Crippen LogP contribution in [0.3, 0.4) is 0 Å². The van der Waals surface area contributed by atoms with Crippen LogP contribution in [0.25, 0.3) is 22.4 Å². The van der Waals surface area contributed by atoms with Gasteiger partial charge in [0.25, 0.3) is 5.56 Å². The zero-order valence-electron chi connectivity index (χ0n) is 18.2. The van der Waals surface area contributed by atoms with Gasteiger partial charge in [-0.1, -0.05) is 29.0 Å². The number of nitrogens with zero attached hydrogens (tertiary/aromatic N) is 4. The Balaban J connectivity index is 2.14. The van der Waals surface area contributed by atoms with E-state index in [0.29, 0.717) is 24.0 Å². The molecule has 0 fully saturated rings. The van der Waals surface area contributed by atoms with E-state index in [4.69, 9.17) is 4.74 Å². The highest BCUT2D eigenvalue weighted by molar-refractivity contribution is 8.00. The van der Waals surface area contributed by atoms with Crippen molar-refractivity contribution in [3.8, 4) is 11.4 Å². The summed E-state index contributed by atoms with van der Waals surface area (Å²) in [5, 5.41) is 3.32. The van der Waals surface area contributed by atoms with Crippen molar-refractivity contribution < 1.29 is 9.53 Å². The summed E-state index contributed by atoms with van der Waals surface area (Å²) in [6, 6.07) is 5.93. The molecule has 1 aromatic carbocycles. The summed E-state index contributed by atoms with van der Waals surface area (Å²) in [7, 11) is 4.53. The zero-order valence-corrected chi connectivity index (χ0v) is 19.0. The first kappa shape index (κ1) is 22.7. The van der Waals surface area contributed by atoms with Crippen LogP contribution in [0, 0.1) is 13.8 Å². The molecule has 3 rings (SSSR count). The van der Waals surface area contributed by atoms with Crippen molar-refractivity contribution in [1.29, 1.82) is 0 Å². The average Bonchev–Trinajstić information content (AvgIpc) is 2.73. The molecule has 31 heavy (non-hydrogen) atoms. The maximum Gasteiger partial charge on any atom is 0.332 e. The van der Waals surface area contributed by atoms with E-state index >= 15 is 0 Å². The molecule has 9 nitrogen and oxygen atoms in total. The predicted octanol–water partition coefficient (Wildman–Crippen LogP) is 1.17. The third kappa shape index (κ3) is 4.86. The number of hydrogen-bond donors (Lipinski definition) is 1. The Morgan fingerprint density at radius 2 is 1.77 bits per heavy atom. The van der Waals surface area contributed by atoms with Crippen molar-refractivity contribution in [1.82, 2.24) is 24.4 Å². The molecule has 1 amide bonds. The number of rotatable bonds is 7. The van der Waals surface area contributed by atoms with Gasteiger partial charge in [-0.3, -0.25) is 18.7 Å². The number of benzene rings is 1. The second-order valence-corrected chi connectivity index (χ2v) is 8.23. The van der Waals surface area contributed by atoms with Crippen LogP contribution in [0.5, 0.6) is 0 Å². The van der Waals surface area contributed by atoms with Crippen molar-refractivity contribution in [3.05, 3.63) is 50.2 Å². The molecule has 0 spiro atoms. The fraction of sp³-hybridized carbons (Fsp3) is 0.381. The monoisotopic (exact) mass is 443 g/mol. The molecule has 0 aliphatic carbocycles. The molecule has 2 heterocycles. The minimum atomic E-state index is -0.493. The van der Waals surface area contributed by atoms with E-state index in [1.54, 1.807) is 14.2 Å². The average molecular weight is 444 g/mol. The molecule has 0 atom stereocenters. The van der Waals surface area contributed by atoms with E-state index in [1.165, 1.54) is 11.6 Å². The Labute approximate surface area is 183 Å². The normalized spacial score (nSPS) is 11.1. The van der Waals surface area contributed by atoms with Gasteiger partial charge >= 0.3 is 5.69 Å². The number of carbonyl (C=O) groups is 1. The van der Waals surface area contributed by atoms with Gasteiger partial charge in [0.2, 0.25) is 5.91 Å². The highest BCUT2D eigenvalue weighted by Gasteiger charge is 2.19. The molecule has 164 valence electrons. The van der Waals surface area contributed by atoms with Crippen LogP contribution >= 0.6 is 11.8 Å². The molecule has 0 bridgehead atoms. The SMILES string of the molecule is COCCNC(=O)CSc1nc(-c2cc(C)cc(C)c2)nc2c1c(=O)n(C)c(=O)n2C. The smallest absolute Gasteiger partial charge is 0.332 e. The van der Waals surface area contributed by atoms with Crippen LogP contribution in [0.4, 0.5) is 0 Å². The second kappa shape index (κ2) is 9.44. The van der Waals surface area contributed by atoms with Crippen molar-refractivity contribution in [3.63, 3.8) is 0 Å². The lowest BCUT2D eigenvalue weighted by atomic mass is 10.1. The van der Waals surface area contributed by atoms with Crippen LogP contribution in [0.2, 0.25) is 0 Å². The fourth-order valence-corrected chi connectivity index (χ4v) is 4.09. The molecule has 0 radical (unpaired) electrons. The van der Waals surface area contributed by atoms with Crippen LogP contribution in [0.15, 0.2) is 32.8 Å².